The van der Waals surface area contributed by atoms with Crippen molar-refractivity contribution in [1.29, 1.82) is 0 Å². The van der Waals surface area contributed by atoms with Crippen molar-refractivity contribution in [1.82, 2.24) is 10.6 Å². The Hall–Kier alpha value is -1.54. The van der Waals surface area contributed by atoms with Gasteiger partial charge in [0.1, 0.15) is 5.75 Å². The highest BCUT2D eigenvalue weighted by Gasteiger charge is 2.15. The molecule has 1 atom stereocenters. The van der Waals surface area contributed by atoms with Gasteiger partial charge >= 0.3 is 0 Å². The normalized spacial score (nSPS) is 17.0. The predicted octanol–water partition coefficient (Wildman–Crippen LogP) is 3.70. The average molecular weight is 469 g/mol. The van der Waals surface area contributed by atoms with Crippen LogP contribution in [0.25, 0.3) is 10.8 Å². The van der Waals surface area contributed by atoms with Crippen LogP contribution >= 0.6 is 24.0 Å². The molecule has 0 amide bonds. The third kappa shape index (κ3) is 5.74. The van der Waals surface area contributed by atoms with Crippen LogP contribution in [-0.2, 0) is 11.3 Å². The molecule has 0 saturated carbocycles. The van der Waals surface area contributed by atoms with Crippen LogP contribution in [0.4, 0.5) is 0 Å². The number of aliphatic imine (C=N–C) groups is 1. The summed E-state index contributed by atoms with van der Waals surface area (Å²) in [6, 6.07) is 12.5. The Balaban J connectivity index is 0.00000243. The number of ether oxygens (including phenoxy) is 2. The molecule has 5 nitrogen and oxygen atoms in total. The Bertz CT molecular complexity index is 730. The first-order valence-corrected chi connectivity index (χ1v) is 8.99. The molecule has 0 radical (unpaired) electrons. The molecular formula is C20H28IN3O2. The molecule has 0 bridgehead atoms. The van der Waals surface area contributed by atoms with Crippen molar-refractivity contribution in [2.45, 2.75) is 32.4 Å². The number of benzene rings is 2. The summed E-state index contributed by atoms with van der Waals surface area (Å²) < 4.78 is 10.9. The van der Waals surface area contributed by atoms with Crippen LogP contribution in [0.15, 0.2) is 41.4 Å². The Morgan fingerprint density at radius 1 is 1.19 bits per heavy atom. The molecule has 142 valence electrons. The molecule has 2 N–H and O–H groups in total. The second-order valence-electron chi connectivity index (χ2n) is 6.26. The largest absolute Gasteiger partial charge is 0.497 e. The fraction of sp³-hybridized carbons (Fsp3) is 0.450. The molecule has 3 rings (SSSR count). The van der Waals surface area contributed by atoms with Crippen molar-refractivity contribution in [3.63, 3.8) is 0 Å². The lowest BCUT2D eigenvalue weighted by atomic mass is 10.1. The minimum absolute atomic E-state index is 0. The topological polar surface area (TPSA) is 54.9 Å². The van der Waals surface area contributed by atoms with Gasteiger partial charge in [-0.15, -0.1) is 24.0 Å². The molecular weight excluding hydrogens is 441 g/mol. The summed E-state index contributed by atoms with van der Waals surface area (Å²) in [5.74, 6) is 1.72. The molecule has 1 fully saturated rings. The monoisotopic (exact) mass is 469 g/mol. The van der Waals surface area contributed by atoms with E-state index >= 15 is 0 Å². The molecule has 0 aromatic heterocycles. The number of methoxy groups -OCH3 is 1. The molecule has 2 aromatic rings. The summed E-state index contributed by atoms with van der Waals surface area (Å²) in [6.45, 7) is 5.25. The number of fused-ring (bicyclic) bond motifs is 1. The van der Waals surface area contributed by atoms with Crippen molar-refractivity contribution in [3.8, 4) is 5.75 Å². The van der Waals surface area contributed by atoms with E-state index in [0.29, 0.717) is 12.6 Å². The molecule has 1 aliphatic rings. The van der Waals surface area contributed by atoms with Gasteiger partial charge in [0.2, 0.25) is 0 Å². The van der Waals surface area contributed by atoms with E-state index in [1.807, 2.05) is 6.07 Å². The molecule has 1 aliphatic heterocycles. The van der Waals surface area contributed by atoms with Crippen molar-refractivity contribution in [2.24, 2.45) is 4.99 Å². The molecule has 6 heteroatoms. The summed E-state index contributed by atoms with van der Waals surface area (Å²) in [5, 5.41) is 9.05. The minimum Gasteiger partial charge on any atom is -0.497 e. The lowest BCUT2D eigenvalue weighted by molar-refractivity contribution is 0.114. The van der Waals surface area contributed by atoms with Crippen LogP contribution in [0.5, 0.6) is 5.75 Å². The van der Waals surface area contributed by atoms with Gasteiger partial charge < -0.3 is 20.1 Å². The van der Waals surface area contributed by atoms with E-state index in [-0.39, 0.29) is 24.0 Å². The zero-order chi connectivity index (χ0) is 17.5. The first-order valence-electron chi connectivity index (χ1n) is 8.99. The first-order chi connectivity index (χ1) is 12.3. The molecule has 1 saturated heterocycles. The Morgan fingerprint density at radius 3 is 2.73 bits per heavy atom. The summed E-state index contributed by atoms with van der Waals surface area (Å²) in [6.07, 6.45) is 2.59. The van der Waals surface area contributed by atoms with Gasteiger partial charge in [0.15, 0.2) is 5.96 Å². The predicted molar refractivity (Wildman–Crippen MR) is 118 cm³/mol. The summed E-state index contributed by atoms with van der Waals surface area (Å²) in [7, 11) is 1.69. The van der Waals surface area contributed by atoms with E-state index < -0.39 is 0 Å². The van der Waals surface area contributed by atoms with E-state index in [1.165, 1.54) is 16.3 Å². The molecule has 2 aromatic carbocycles. The van der Waals surface area contributed by atoms with Crippen molar-refractivity contribution in [3.05, 3.63) is 42.0 Å². The second kappa shape index (κ2) is 10.6. The summed E-state index contributed by atoms with van der Waals surface area (Å²) in [4.78, 5) is 4.70. The first kappa shape index (κ1) is 20.8. The Labute approximate surface area is 172 Å². The Kier molecular flexibility index (Phi) is 8.44. The number of rotatable bonds is 6. The van der Waals surface area contributed by atoms with E-state index in [9.17, 15) is 0 Å². The highest BCUT2D eigenvalue weighted by atomic mass is 127. The zero-order valence-electron chi connectivity index (χ0n) is 15.5. The molecule has 1 unspecified atom stereocenters. The van der Waals surface area contributed by atoms with E-state index in [2.05, 4.69) is 47.9 Å². The van der Waals surface area contributed by atoms with Gasteiger partial charge in [-0.2, -0.15) is 0 Å². The molecule has 26 heavy (non-hydrogen) atoms. The number of hydrogen-bond donors (Lipinski definition) is 2. The summed E-state index contributed by atoms with van der Waals surface area (Å²) >= 11 is 0. The van der Waals surface area contributed by atoms with Crippen molar-refractivity contribution in [2.75, 3.05) is 26.8 Å². The van der Waals surface area contributed by atoms with E-state index in [0.717, 1.165) is 44.2 Å². The van der Waals surface area contributed by atoms with Crippen LogP contribution in [0, 0.1) is 0 Å². The van der Waals surface area contributed by atoms with Crippen LogP contribution in [0.1, 0.15) is 25.3 Å². The maximum Gasteiger partial charge on any atom is 0.191 e. The van der Waals surface area contributed by atoms with Gasteiger partial charge in [-0.25, -0.2) is 4.99 Å². The molecule has 1 heterocycles. The van der Waals surface area contributed by atoms with Gasteiger partial charge in [-0.1, -0.05) is 18.2 Å². The highest BCUT2D eigenvalue weighted by molar-refractivity contribution is 14.0. The van der Waals surface area contributed by atoms with Crippen LogP contribution in [0.3, 0.4) is 0 Å². The van der Waals surface area contributed by atoms with Crippen molar-refractivity contribution >= 4 is 40.7 Å². The smallest absolute Gasteiger partial charge is 0.191 e. The fourth-order valence-corrected chi connectivity index (χ4v) is 3.03. The third-order valence-electron chi connectivity index (χ3n) is 4.40. The lowest BCUT2D eigenvalue weighted by Crippen LogP contribution is -2.41. The number of halogens is 1. The number of nitrogens with one attached hydrogen (secondary N) is 2. The quantitative estimate of drug-likeness (QED) is 0.385. The number of nitrogens with zero attached hydrogens (tertiary/aromatic N) is 1. The van der Waals surface area contributed by atoms with Gasteiger partial charge in [0.25, 0.3) is 0 Å². The average Bonchev–Trinajstić information content (AvgIpc) is 3.17. The standard InChI is InChI=1S/C20H27N3O2.HI/c1-3-21-20(23-14-19-5-4-10-25-19)22-13-15-6-7-17-12-18(24-2)9-8-16(17)11-15;/h6-9,11-12,19H,3-5,10,13-14H2,1-2H3,(H2,21,22,23);1H. The van der Waals surface area contributed by atoms with Gasteiger partial charge in [-0.3, -0.25) is 0 Å². The lowest BCUT2D eigenvalue weighted by Gasteiger charge is -2.14. The number of guanidine groups is 1. The van der Waals surface area contributed by atoms with Crippen LogP contribution in [0.2, 0.25) is 0 Å². The van der Waals surface area contributed by atoms with Gasteiger partial charge in [0.05, 0.1) is 19.8 Å². The SMILES string of the molecule is CCNC(=NCc1ccc2cc(OC)ccc2c1)NCC1CCCO1.I. The maximum atomic E-state index is 5.66. The third-order valence-corrected chi connectivity index (χ3v) is 4.40. The van der Waals surface area contributed by atoms with E-state index in [1.54, 1.807) is 7.11 Å². The number of hydrogen-bond acceptors (Lipinski definition) is 3. The summed E-state index contributed by atoms with van der Waals surface area (Å²) in [5.41, 5.74) is 1.19. The second-order valence-corrected chi connectivity index (χ2v) is 6.26. The molecule has 0 aliphatic carbocycles. The van der Waals surface area contributed by atoms with E-state index in [4.69, 9.17) is 14.5 Å². The Morgan fingerprint density at radius 2 is 2.00 bits per heavy atom. The fourth-order valence-electron chi connectivity index (χ4n) is 3.03. The highest BCUT2D eigenvalue weighted by Crippen LogP contribution is 2.22. The van der Waals surface area contributed by atoms with Crippen LogP contribution in [-0.4, -0.2) is 38.9 Å². The maximum absolute atomic E-state index is 5.66. The van der Waals surface area contributed by atoms with Crippen LogP contribution < -0.4 is 15.4 Å². The van der Waals surface area contributed by atoms with Gasteiger partial charge in [-0.05, 0) is 54.3 Å². The zero-order valence-corrected chi connectivity index (χ0v) is 17.8. The van der Waals surface area contributed by atoms with Crippen molar-refractivity contribution < 1.29 is 9.47 Å². The minimum atomic E-state index is 0. The molecule has 0 spiro atoms. The van der Waals surface area contributed by atoms with Gasteiger partial charge in [0, 0.05) is 19.7 Å².